The lowest BCUT2D eigenvalue weighted by atomic mass is 10.1. The second-order valence-electron chi connectivity index (χ2n) is 6.13. The maximum Gasteiger partial charge on any atom is 0.271 e. The van der Waals surface area contributed by atoms with E-state index in [0.717, 1.165) is 0 Å². The van der Waals surface area contributed by atoms with Crippen LogP contribution in [0.15, 0.2) is 59.8 Å². The largest absolute Gasteiger partial charge is 0.506 e. The van der Waals surface area contributed by atoms with Gasteiger partial charge in [-0.2, -0.15) is 5.10 Å². The molecule has 1 heterocycles. The van der Waals surface area contributed by atoms with Gasteiger partial charge in [0.1, 0.15) is 11.4 Å². The van der Waals surface area contributed by atoms with E-state index < -0.39 is 5.91 Å². The fourth-order valence-corrected chi connectivity index (χ4v) is 2.78. The van der Waals surface area contributed by atoms with Crippen LogP contribution < -0.4 is 14.9 Å². The minimum atomic E-state index is -0.478. The average Bonchev–Trinajstić information content (AvgIpc) is 2.79. The minimum absolute atomic E-state index is 0.0765. The predicted octanol–water partition coefficient (Wildman–Crippen LogP) is 3.62. The summed E-state index contributed by atoms with van der Waals surface area (Å²) in [7, 11) is 3.05. The second kappa shape index (κ2) is 10.1. The number of hydrogen-bond donors (Lipinski definition) is 2. The van der Waals surface area contributed by atoms with Gasteiger partial charge in [0.25, 0.3) is 5.91 Å². The van der Waals surface area contributed by atoms with Crippen molar-refractivity contribution in [2.24, 2.45) is 5.10 Å². The zero-order valence-corrected chi connectivity index (χ0v) is 17.5. The standard InChI is InChI=1S/C23H18ClN3O4/c1-30-21-12-15(14-26-27-23(29)17-7-9-20(28)19(24)13-17)11-16(22(21)31-2)6-8-18-5-3-4-10-25-18/h3-5,7,9-14,28H,1-2H3,(H,27,29)/b26-14+. The highest BCUT2D eigenvalue weighted by atomic mass is 35.5. The summed E-state index contributed by atoms with van der Waals surface area (Å²) in [5.41, 5.74) is 4.49. The summed E-state index contributed by atoms with van der Waals surface area (Å²) in [6.07, 6.45) is 3.11. The smallest absolute Gasteiger partial charge is 0.271 e. The van der Waals surface area contributed by atoms with Crippen LogP contribution in [-0.4, -0.2) is 36.4 Å². The van der Waals surface area contributed by atoms with Gasteiger partial charge in [-0.3, -0.25) is 4.79 Å². The second-order valence-corrected chi connectivity index (χ2v) is 6.54. The quantitative estimate of drug-likeness (QED) is 0.362. The lowest BCUT2D eigenvalue weighted by Crippen LogP contribution is -2.17. The number of benzene rings is 2. The third-order valence-electron chi connectivity index (χ3n) is 4.08. The van der Waals surface area contributed by atoms with Crippen molar-refractivity contribution in [3.63, 3.8) is 0 Å². The first-order valence-electron chi connectivity index (χ1n) is 9.03. The number of methoxy groups -OCH3 is 2. The Hall–Kier alpha value is -4.02. The van der Waals surface area contributed by atoms with E-state index in [1.54, 1.807) is 24.4 Å². The molecule has 0 aliphatic carbocycles. The fraction of sp³-hybridized carbons (Fsp3) is 0.0870. The molecule has 8 heteroatoms. The normalized spacial score (nSPS) is 10.3. The van der Waals surface area contributed by atoms with Gasteiger partial charge in [0.15, 0.2) is 11.5 Å². The van der Waals surface area contributed by atoms with Crippen molar-refractivity contribution in [3.8, 4) is 29.1 Å². The van der Waals surface area contributed by atoms with Crippen molar-refractivity contribution >= 4 is 23.7 Å². The number of aromatic hydroxyl groups is 1. The first-order valence-corrected chi connectivity index (χ1v) is 9.40. The number of rotatable bonds is 5. The molecule has 0 aliphatic rings. The molecule has 7 nitrogen and oxygen atoms in total. The molecule has 1 amide bonds. The third-order valence-corrected chi connectivity index (χ3v) is 4.38. The summed E-state index contributed by atoms with van der Waals surface area (Å²) in [4.78, 5) is 16.4. The molecule has 0 radical (unpaired) electrons. The number of hydrogen-bond acceptors (Lipinski definition) is 6. The highest BCUT2D eigenvalue weighted by Gasteiger charge is 2.11. The molecular formula is C23H18ClN3O4. The van der Waals surface area contributed by atoms with Crippen LogP contribution in [0.4, 0.5) is 0 Å². The van der Waals surface area contributed by atoms with E-state index in [4.69, 9.17) is 21.1 Å². The Morgan fingerprint density at radius 1 is 1.16 bits per heavy atom. The van der Waals surface area contributed by atoms with E-state index in [9.17, 15) is 9.90 Å². The number of nitrogens with zero attached hydrogens (tertiary/aromatic N) is 2. The van der Waals surface area contributed by atoms with Gasteiger partial charge in [-0.1, -0.05) is 23.6 Å². The van der Waals surface area contributed by atoms with Crippen LogP contribution in [0.3, 0.4) is 0 Å². The van der Waals surface area contributed by atoms with Gasteiger partial charge in [-0.15, -0.1) is 0 Å². The summed E-state index contributed by atoms with van der Waals surface area (Å²) in [5, 5.41) is 13.5. The summed E-state index contributed by atoms with van der Waals surface area (Å²) >= 11 is 5.83. The molecule has 0 saturated heterocycles. The van der Waals surface area contributed by atoms with Gasteiger partial charge < -0.3 is 14.6 Å². The van der Waals surface area contributed by atoms with Gasteiger partial charge in [0, 0.05) is 11.8 Å². The molecule has 31 heavy (non-hydrogen) atoms. The maximum absolute atomic E-state index is 12.2. The minimum Gasteiger partial charge on any atom is -0.506 e. The third kappa shape index (κ3) is 5.53. The van der Waals surface area contributed by atoms with Gasteiger partial charge in [-0.05, 0) is 53.9 Å². The topological polar surface area (TPSA) is 93.0 Å². The number of pyridine rings is 1. The number of phenolic OH excluding ortho intramolecular Hbond substituents is 1. The van der Waals surface area contributed by atoms with E-state index in [1.807, 2.05) is 12.1 Å². The summed E-state index contributed by atoms with van der Waals surface area (Å²) in [5.74, 6) is 6.36. The number of hydrazone groups is 1. The molecule has 3 rings (SSSR count). The predicted molar refractivity (Wildman–Crippen MR) is 118 cm³/mol. The average molecular weight is 436 g/mol. The number of nitrogens with one attached hydrogen (secondary N) is 1. The molecule has 0 unspecified atom stereocenters. The Labute approximate surface area is 184 Å². The molecule has 0 spiro atoms. The molecule has 2 N–H and O–H groups in total. The lowest BCUT2D eigenvalue weighted by molar-refractivity contribution is 0.0955. The van der Waals surface area contributed by atoms with E-state index in [0.29, 0.717) is 28.3 Å². The van der Waals surface area contributed by atoms with E-state index >= 15 is 0 Å². The van der Waals surface area contributed by atoms with Crippen LogP contribution in [0.2, 0.25) is 5.02 Å². The Bertz CT molecular complexity index is 1180. The zero-order chi connectivity index (χ0) is 22.2. The molecule has 0 fully saturated rings. The first kappa shape index (κ1) is 21.7. The maximum atomic E-state index is 12.2. The molecule has 0 atom stereocenters. The van der Waals surface area contributed by atoms with E-state index in [-0.39, 0.29) is 16.3 Å². The molecule has 0 bridgehead atoms. The van der Waals surface area contributed by atoms with E-state index in [2.05, 4.69) is 27.4 Å². The number of aromatic nitrogens is 1. The van der Waals surface area contributed by atoms with Gasteiger partial charge in [-0.25, -0.2) is 10.4 Å². The SMILES string of the molecule is COc1cc(/C=N/NC(=O)c2ccc(O)c(Cl)c2)cc(C#Cc2ccccn2)c1OC. The van der Waals surface area contributed by atoms with Gasteiger partial charge in [0.2, 0.25) is 0 Å². The summed E-state index contributed by atoms with van der Waals surface area (Å²) in [6.45, 7) is 0. The van der Waals surface area contributed by atoms with Crippen molar-refractivity contribution in [3.05, 3.63) is 82.1 Å². The highest BCUT2D eigenvalue weighted by molar-refractivity contribution is 6.32. The van der Waals surface area contributed by atoms with Crippen LogP contribution in [0.1, 0.15) is 27.2 Å². The molecular weight excluding hydrogens is 418 g/mol. The van der Waals surface area contributed by atoms with Crippen LogP contribution >= 0.6 is 11.6 Å². The fourth-order valence-electron chi connectivity index (χ4n) is 2.60. The van der Waals surface area contributed by atoms with Crippen molar-refractivity contribution in [2.45, 2.75) is 0 Å². The molecule has 1 aromatic heterocycles. The van der Waals surface area contributed by atoms with Crippen molar-refractivity contribution in [1.29, 1.82) is 0 Å². The summed E-state index contributed by atoms with van der Waals surface area (Å²) in [6, 6.07) is 13.0. The highest BCUT2D eigenvalue weighted by Crippen LogP contribution is 2.31. The van der Waals surface area contributed by atoms with E-state index in [1.165, 1.54) is 38.6 Å². The first-order chi connectivity index (χ1) is 15.0. The number of ether oxygens (including phenoxy) is 2. The Morgan fingerprint density at radius 3 is 2.68 bits per heavy atom. The monoisotopic (exact) mass is 435 g/mol. The number of amides is 1. The number of halogens is 1. The van der Waals surface area contributed by atoms with Crippen molar-refractivity contribution in [1.82, 2.24) is 10.4 Å². The Kier molecular flexibility index (Phi) is 7.09. The lowest BCUT2D eigenvalue weighted by Gasteiger charge is -2.10. The molecule has 2 aromatic carbocycles. The van der Waals surface area contributed by atoms with Gasteiger partial charge in [0.05, 0.1) is 31.0 Å². The number of carbonyl (C=O) groups excluding carboxylic acids is 1. The molecule has 156 valence electrons. The molecule has 0 aliphatic heterocycles. The zero-order valence-electron chi connectivity index (χ0n) is 16.7. The Morgan fingerprint density at radius 2 is 2.00 bits per heavy atom. The van der Waals surface area contributed by atoms with Crippen LogP contribution in [0.25, 0.3) is 0 Å². The van der Waals surface area contributed by atoms with Crippen LogP contribution in [0, 0.1) is 11.8 Å². The number of phenols is 1. The summed E-state index contributed by atoms with van der Waals surface area (Å²) < 4.78 is 10.8. The molecule has 0 saturated carbocycles. The number of carbonyl (C=O) groups is 1. The molecule has 3 aromatic rings. The van der Waals surface area contributed by atoms with Crippen LogP contribution in [-0.2, 0) is 0 Å². The Balaban J connectivity index is 1.84. The van der Waals surface area contributed by atoms with Crippen LogP contribution in [0.5, 0.6) is 17.2 Å². The van der Waals surface area contributed by atoms with Crippen molar-refractivity contribution < 1.29 is 19.4 Å². The van der Waals surface area contributed by atoms with Gasteiger partial charge >= 0.3 is 0 Å². The van der Waals surface area contributed by atoms with Crippen molar-refractivity contribution in [2.75, 3.05) is 14.2 Å².